The Morgan fingerprint density at radius 1 is 1.04 bits per heavy atom. The summed E-state index contributed by atoms with van der Waals surface area (Å²) in [5, 5.41) is 21.3. The molecule has 7 nitrogen and oxygen atoms in total. The molecule has 150 valence electrons. The van der Waals surface area contributed by atoms with Gasteiger partial charge in [-0.3, -0.25) is 14.8 Å². The van der Waals surface area contributed by atoms with E-state index in [-0.39, 0.29) is 0 Å². The first-order valence-corrected chi connectivity index (χ1v) is 9.00. The van der Waals surface area contributed by atoms with Gasteiger partial charge in [-0.05, 0) is 49.6 Å². The summed E-state index contributed by atoms with van der Waals surface area (Å²) in [5.41, 5.74) is 3.26. The predicted molar refractivity (Wildman–Crippen MR) is 105 cm³/mol. The molecule has 0 bridgehead atoms. The number of hydrogen-bond acceptors (Lipinski definition) is 5. The number of carbonyl (C=O) groups excluding carboxylic acids is 2. The minimum Gasteiger partial charge on any atom is -0.388 e. The van der Waals surface area contributed by atoms with Gasteiger partial charge in [0.15, 0.2) is 0 Å². The van der Waals surface area contributed by atoms with Crippen molar-refractivity contribution in [3.63, 3.8) is 0 Å². The Bertz CT molecular complexity index is 795. The maximum absolute atomic E-state index is 12.4. The monoisotopic (exact) mass is 386 g/mol. The smallest absolute Gasteiger partial charge is 0.268 e. The van der Waals surface area contributed by atoms with E-state index in [4.69, 9.17) is 9.94 Å². The van der Waals surface area contributed by atoms with Crippen molar-refractivity contribution in [2.45, 2.75) is 39.0 Å². The molecule has 2 aromatic rings. The lowest BCUT2D eigenvalue weighted by Crippen LogP contribution is -2.57. The molecule has 0 saturated heterocycles. The van der Waals surface area contributed by atoms with Crippen molar-refractivity contribution in [3.05, 3.63) is 59.7 Å². The topological polar surface area (TPSA) is 108 Å². The first kappa shape index (κ1) is 21.6. The van der Waals surface area contributed by atoms with Crippen molar-refractivity contribution >= 4 is 11.8 Å². The molecule has 0 unspecified atom stereocenters. The van der Waals surface area contributed by atoms with Gasteiger partial charge in [0.2, 0.25) is 0 Å². The molecule has 0 fully saturated rings. The number of hydroxylamine groups is 1. The molecular formula is C21H26N2O5. The van der Waals surface area contributed by atoms with Crippen LogP contribution < -0.4 is 10.8 Å². The van der Waals surface area contributed by atoms with Crippen molar-refractivity contribution in [1.29, 1.82) is 0 Å². The maximum Gasteiger partial charge on any atom is 0.268 e. The van der Waals surface area contributed by atoms with Crippen molar-refractivity contribution < 1.29 is 24.6 Å². The Morgan fingerprint density at radius 2 is 1.57 bits per heavy atom. The fraction of sp³-hybridized carbons (Fsp3) is 0.333. The summed E-state index contributed by atoms with van der Waals surface area (Å²) >= 11 is 0. The number of nitrogens with one attached hydrogen (secondary N) is 2. The summed E-state index contributed by atoms with van der Waals surface area (Å²) in [6.45, 7) is 5.92. The number of benzene rings is 2. The van der Waals surface area contributed by atoms with Crippen molar-refractivity contribution in [1.82, 2.24) is 10.8 Å². The van der Waals surface area contributed by atoms with Crippen molar-refractivity contribution in [2.75, 3.05) is 6.61 Å². The summed E-state index contributed by atoms with van der Waals surface area (Å²) in [5.74, 6) is -1.43. The molecule has 0 radical (unpaired) electrons. The van der Waals surface area contributed by atoms with Crippen LogP contribution in [0.1, 0.15) is 36.7 Å². The second-order valence-corrected chi connectivity index (χ2v) is 6.95. The van der Waals surface area contributed by atoms with E-state index in [9.17, 15) is 14.7 Å². The van der Waals surface area contributed by atoms with Gasteiger partial charge in [0.1, 0.15) is 6.04 Å². The highest BCUT2D eigenvalue weighted by molar-refractivity contribution is 5.98. The second kappa shape index (κ2) is 9.45. The lowest BCUT2D eigenvalue weighted by molar-refractivity contribution is -0.136. The zero-order valence-corrected chi connectivity index (χ0v) is 16.2. The van der Waals surface area contributed by atoms with Gasteiger partial charge in [0.25, 0.3) is 11.8 Å². The normalized spacial score (nSPS) is 12.3. The third-order valence-electron chi connectivity index (χ3n) is 4.26. The number of hydrogen-bond donors (Lipinski definition) is 4. The van der Waals surface area contributed by atoms with Crippen LogP contribution in [-0.4, -0.2) is 40.4 Å². The van der Waals surface area contributed by atoms with E-state index in [1.165, 1.54) is 19.3 Å². The van der Waals surface area contributed by atoms with Crippen LogP contribution in [0.2, 0.25) is 0 Å². The van der Waals surface area contributed by atoms with Crippen LogP contribution in [0.4, 0.5) is 0 Å². The molecular weight excluding hydrogens is 360 g/mol. The van der Waals surface area contributed by atoms with E-state index >= 15 is 0 Å². The molecule has 0 spiro atoms. The Morgan fingerprint density at radius 3 is 2.04 bits per heavy atom. The summed E-state index contributed by atoms with van der Waals surface area (Å²) in [7, 11) is 0. The summed E-state index contributed by atoms with van der Waals surface area (Å²) in [6.07, 6.45) is 0. The van der Waals surface area contributed by atoms with Gasteiger partial charge in [0, 0.05) is 12.2 Å². The van der Waals surface area contributed by atoms with E-state index < -0.39 is 23.5 Å². The molecule has 2 amide bonds. The Balaban J connectivity index is 2.10. The lowest BCUT2D eigenvalue weighted by Gasteiger charge is -2.28. The predicted octanol–water partition coefficient (Wildman–Crippen LogP) is 2.26. The number of amides is 2. The SMILES string of the molecule is CCOCc1ccc(-c2ccc(C(=O)N[C@H](C(=O)NO)C(C)(C)O)cc2)cc1. The minimum absolute atomic E-state index is 0.330. The molecule has 0 aliphatic heterocycles. The Kier molecular flexibility index (Phi) is 7.28. The molecule has 0 heterocycles. The Hall–Kier alpha value is -2.74. The maximum atomic E-state index is 12.4. The zero-order valence-electron chi connectivity index (χ0n) is 16.2. The van der Waals surface area contributed by atoms with Crippen LogP contribution in [0.15, 0.2) is 48.5 Å². The molecule has 0 aliphatic rings. The van der Waals surface area contributed by atoms with E-state index in [1.54, 1.807) is 24.3 Å². The van der Waals surface area contributed by atoms with Crippen LogP contribution in [0.5, 0.6) is 0 Å². The molecule has 0 aliphatic carbocycles. The quantitative estimate of drug-likeness (QED) is 0.411. The average molecular weight is 386 g/mol. The van der Waals surface area contributed by atoms with Crippen LogP contribution in [0, 0.1) is 0 Å². The standard InChI is InChI=1S/C21H26N2O5/c1-4-28-13-14-5-7-15(8-6-14)16-9-11-17(12-10-16)19(24)22-18(20(25)23-27)21(2,3)26/h5-12,18,26-27H,4,13H2,1-3H3,(H,22,24)(H,23,25)/t18-/m1/s1. The van der Waals surface area contributed by atoms with Crippen LogP contribution in [0.3, 0.4) is 0 Å². The molecule has 0 saturated carbocycles. The number of ether oxygens (including phenoxy) is 1. The first-order valence-electron chi connectivity index (χ1n) is 9.00. The van der Waals surface area contributed by atoms with Crippen molar-refractivity contribution in [2.24, 2.45) is 0 Å². The summed E-state index contributed by atoms with van der Waals surface area (Å²) in [4.78, 5) is 24.1. The third kappa shape index (κ3) is 5.63. The van der Waals surface area contributed by atoms with E-state index in [2.05, 4.69) is 5.32 Å². The highest BCUT2D eigenvalue weighted by Gasteiger charge is 2.34. The van der Waals surface area contributed by atoms with Gasteiger partial charge in [-0.15, -0.1) is 0 Å². The molecule has 7 heteroatoms. The zero-order chi connectivity index (χ0) is 20.7. The van der Waals surface area contributed by atoms with E-state index in [0.717, 1.165) is 16.7 Å². The second-order valence-electron chi connectivity index (χ2n) is 6.95. The van der Waals surface area contributed by atoms with Gasteiger partial charge < -0.3 is 15.2 Å². The van der Waals surface area contributed by atoms with Crippen LogP contribution >= 0.6 is 0 Å². The van der Waals surface area contributed by atoms with Gasteiger partial charge >= 0.3 is 0 Å². The molecule has 1 atom stereocenters. The largest absolute Gasteiger partial charge is 0.388 e. The summed E-state index contributed by atoms with van der Waals surface area (Å²) < 4.78 is 5.38. The lowest BCUT2D eigenvalue weighted by atomic mass is 9.97. The van der Waals surface area contributed by atoms with Gasteiger partial charge in [-0.2, -0.15) is 0 Å². The molecule has 2 aromatic carbocycles. The average Bonchev–Trinajstić information content (AvgIpc) is 2.69. The van der Waals surface area contributed by atoms with Crippen LogP contribution in [0.25, 0.3) is 11.1 Å². The Labute approximate surface area is 164 Å². The van der Waals surface area contributed by atoms with Crippen molar-refractivity contribution in [3.8, 4) is 11.1 Å². The van der Waals surface area contributed by atoms with E-state index in [0.29, 0.717) is 18.8 Å². The minimum atomic E-state index is -1.55. The van der Waals surface area contributed by atoms with Gasteiger partial charge in [-0.1, -0.05) is 36.4 Å². The highest BCUT2D eigenvalue weighted by atomic mass is 16.5. The van der Waals surface area contributed by atoms with E-state index in [1.807, 2.05) is 31.2 Å². The number of carbonyl (C=O) groups is 2. The highest BCUT2D eigenvalue weighted by Crippen LogP contribution is 2.21. The van der Waals surface area contributed by atoms with Gasteiger partial charge in [0.05, 0.1) is 12.2 Å². The molecule has 0 aromatic heterocycles. The third-order valence-corrected chi connectivity index (χ3v) is 4.26. The molecule has 2 rings (SSSR count). The summed E-state index contributed by atoms with van der Waals surface area (Å²) in [6, 6.07) is 13.5. The molecule has 4 N–H and O–H groups in total. The fourth-order valence-corrected chi connectivity index (χ4v) is 2.67. The first-order chi connectivity index (χ1) is 13.3. The van der Waals surface area contributed by atoms with Crippen LogP contribution in [-0.2, 0) is 16.1 Å². The number of aliphatic hydroxyl groups is 1. The fourth-order valence-electron chi connectivity index (χ4n) is 2.67. The molecule has 28 heavy (non-hydrogen) atoms. The number of rotatable bonds is 8. The van der Waals surface area contributed by atoms with Gasteiger partial charge in [-0.25, -0.2) is 5.48 Å².